The number of benzene rings is 2. The van der Waals surface area contributed by atoms with Crippen LogP contribution in [0.3, 0.4) is 0 Å². The van der Waals surface area contributed by atoms with Gasteiger partial charge in [0.2, 0.25) is 5.91 Å². The Balaban J connectivity index is 1.91. The van der Waals surface area contributed by atoms with Crippen molar-refractivity contribution in [2.45, 2.75) is 38.0 Å². The number of nitrogens with one attached hydrogen (secondary N) is 1. The summed E-state index contributed by atoms with van der Waals surface area (Å²) in [5.41, 5.74) is 2.95. The second-order valence-corrected chi connectivity index (χ2v) is 8.27. The van der Waals surface area contributed by atoms with E-state index in [2.05, 4.69) is 4.72 Å². The molecule has 0 atom stereocenters. The lowest BCUT2D eigenvalue weighted by atomic mass is 10.1. The van der Waals surface area contributed by atoms with E-state index < -0.39 is 10.0 Å². The molecule has 7 heteroatoms. The van der Waals surface area contributed by atoms with Crippen molar-refractivity contribution in [1.82, 2.24) is 0 Å². The number of nitrogens with zero attached hydrogens (tertiary/aromatic N) is 1. The van der Waals surface area contributed by atoms with Crippen LogP contribution in [-0.4, -0.2) is 28.0 Å². The Kier molecular flexibility index (Phi) is 5.41. The Bertz CT molecular complexity index is 970. The molecule has 2 aromatic rings. The third kappa shape index (κ3) is 3.93. The molecule has 1 saturated heterocycles. The number of anilines is 2. The van der Waals surface area contributed by atoms with Crippen LogP contribution in [0.25, 0.3) is 0 Å². The average molecular weight is 388 g/mol. The van der Waals surface area contributed by atoms with Gasteiger partial charge in [0.15, 0.2) is 0 Å². The quantitative estimate of drug-likeness (QED) is 0.822. The predicted octanol–water partition coefficient (Wildman–Crippen LogP) is 3.49. The Morgan fingerprint density at radius 1 is 1.19 bits per heavy atom. The third-order valence-corrected chi connectivity index (χ3v) is 6.15. The predicted molar refractivity (Wildman–Crippen MR) is 106 cm³/mol. The molecule has 1 amide bonds. The standard InChI is InChI=1S/C20H24N2O4S/c1-4-15-12-17(9-10-19(15)26-3)27(24,25)21-16-8-7-14(2)18(13-16)22-11-5-6-20(22)23/h7-10,12-13,21H,4-6,11H2,1-3H3. The summed E-state index contributed by atoms with van der Waals surface area (Å²) in [6.07, 6.45) is 2.01. The fraction of sp³-hybridized carbons (Fsp3) is 0.350. The molecule has 0 aliphatic carbocycles. The van der Waals surface area contributed by atoms with E-state index >= 15 is 0 Å². The van der Waals surface area contributed by atoms with E-state index in [1.54, 1.807) is 36.3 Å². The normalized spacial score (nSPS) is 14.5. The minimum Gasteiger partial charge on any atom is -0.496 e. The van der Waals surface area contributed by atoms with Gasteiger partial charge in [-0.15, -0.1) is 0 Å². The SMILES string of the molecule is CCc1cc(S(=O)(=O)Nc2ccc(C)c(N3CCCC3=O)c2)ccc1OC. The summed E-state index contributed by atoms with van der Waals surface area (Å²) < 4.78 is 33.5. The van der Waals surface area contributed by atoms with Gasteiger partial charge in [-0.1, -0.05) is 13.0 Å². The molecule has 2 aromatic carbocycles. The Hall–Kier alpha value is -2.54. The second kappa shape index (κ2) is 7.60. The number of sulfonamides is 1. The molecule has 27 heavy (non-hydrogen) atoms. The number of carbonyl (C=O) groups excluding carboxylic acids is 1. The molecule has 6 nitrogen and oxygen atoms in total. The lowest BCUT2D eigenvalue weighted by Crippen LogP contribution is -2.24. The summed E-state index contributed by atoms with van der Waals surface area (Å²) >= 11 is 0. The van der Waals surface area contributed by atoms with E-state index in [9.17, 15) is 13.2 Å². The number of carbonyl (C=O) groups is 1. The van der Waals surface area contributed by atoms with Gasteiger partial charge >= 0.3 is 0 Å². The minimum absolute atomic E-state index is 0.0702. The summed E-state index contributed by atoms with van der Waals surface area (Å²) in [4.78, 5) is 13.9. The van der Waals surface area contributed by atoms with Gasteiger partial charge in [0.25, 0.3) is 10.0 Å². The maximum atomic E-state index is 12.8. The topological polar surface area (TPSA) is 75.7 Å². The van der Waals surface area contributed by atoms with Crippen LogP contribution in [0.2, 0.25) is 0 Å². The zero-order valence-corrected chi connectivity index (χ0v) is 16.6. The number of ether oxygens (including phenoxy) is 1. The first kappa shape index (κ1) is 19.2. The van der Waals surface area contributed by atoms with Crippen molar-refractivity contribution in [1.29, 1.82) is 0 Å². The Morgan fingerprint density at radius 3 is 2.59 bits per heavy atom. The van der Waals surface area contributed by atoms with Crippen molar-refractivity contribution < 1.29 is 17.9 Å². The fourth-order valence-electron chi connectivity index (χ4n) is 3.28. The molecule has 1 heterocycles. The summed E-state index contributed by atoms with van der Waals surface area (Å²) in [5, 5.41) is 0. The van der Waals surface area contributed by atoms with Gasteiger partial charge in [0.1, 0.15) is 5.75 Å². The smallest absolute Gasteiger partial charge is 0.261 e. The van der Waals surface area contributed by atoms with Crippen molar-refractivity contribution in [2.75, 3.05) is 23.3 Å². The molecular weight excluding hydrogens is 364 g/mol. The van der Waals surface area contributed by atoms with Crippen LogP contribution in [0, 0.1) is 6.92 Å². The maximum Gasteiger partial charge on any atom is 0.261 e. The van der Waals surface area contributed by atoms with Crippen LogP contribution in [0.15, 0.2) is 41.3 Å². The molecule has 0 radical (unpaired) electrons. The number of aryl methyl sites for hydroxylation is 2. The van der Waals surface area contributed by atoms with Crippen LogP contribution in [0.1, 0.15) is 30.9 Å². The molecule has 0 spiro atoms. The highest BCUT2D eigenvalue weighted by Crippen LogP contribution is 2.30. The maximum absolute atomic E-state index is 12.8. The number of hydrogen-bond donors (Lipinski definition) is 1. The van der Waals surface area contributed by atoms with Gasteiger partial charge in [-0.3, -0.25) is 9.52 Å². The monoisotopic (exact) mass is 388 g/mol. The minimum atomic E-state index is -3.75. The van der Waals surface area contributed by atoms with Gasteiger partial charge in [0.05, 0.1) is 17.7 Å². The van der Waals surface area contributed by atoms with E-state index in [0.717, 1.165) is 23.2 Å². The van der Waals surface area contributed by atoms with Crippen LogP contribution in [0.4, 0.5) is 11.4 Å². The summed E-state index contributed by atoms with van der Waals surface area (Å²) in [6, 6.07) is 10.1. The Labute approximate surface area is 160 Å². The fourth-order valence-corrected chi connectivity index (χ4v) is 4.38. The van der Waals surface area contributed by atoms with Gasteiger partial charge in [0, 0.05) is 18.7 Å². The molecule has 1 aliphatic rings. The average Bonchev–Trinajstić information content (AvgIpc) is 3.08. The van der Waals surface area contributed by atoms with Crippen LogP contribution >= 0.6 is 0 Å². The van der Waals surface area contributed by atoms with Crippen molar-refractivity contribution >= 4 is 27.3 Å². The molecule has 0 saturated carbocycles. The van der Waals surface area contributed by atoms with Gasteiger partial charge in [-0.05, 0) is 61.2 Å². The molecule has 144 valence electrons. The lowest BCUT2D eigenvalue weighted by molar-refractivity contribution is -0.117. The molecule has 0 unspecified atom stereocenters. The molecular formula is C20H24N2O4S. The number of rotatable bonds is 6. The van der Waals surface area contributed by atoms with Crippen LogP contribution in [0.5, 0.6) is 5.75 Å². The highest BCUT2D eigenvalue weighted by atomic mass is 32.2. The molecule has 1 aliphatic heterocycles. The van der Waals surface area contributed by atoms with E-state index in [1.165, 1.54) is 6.07 Å². The first-order valence-electron chi connectivity index (χ1n) is 8.96. The summed E-state index contributed by atoms with van der Waals surface area (Å²) in [7, 11) is -2.18. The van der Waals surface area contributed by atoms with Crippen molar-refractivity contribution in [3.8, 4) is 5.75 Å². The third-order valence-electron chi connectivity index (χ3n) is 4.77. The van der Waals surface area contributed by atoms with Gasteiger partial charge < -0.3 is 9.64 Å². The molecule has 3 rings (SSSR count). The van der Waals surface area contributed by atoms with Crippen molar-refractivity contribution in [2.24, 2.45) is 0 Å². The van der Waals surface area contributed by atoms with E-state index in [4.69, 9.17) is 4.74 Å². The number of hydrogen-bond acceptors (Lipinski definition) is 4. The van der Waals surface area contributed by atoms with Crippen molar-refractivity contribution in [3.05, 3.63) is 47.5 Å². The first-order chi connectivity index (χ1) is 12.9. The number of amides is 1. The zero-order chi connectivity index (χ0) is 19.6. The molecule has 0 aromatic heterocycles. The van der Waals surface area contributed by atoms with Crippen molar-refractivity contribution in [3.63, 3.8) is 0 Å². The van der Waals surface area contributed by atoms with E-state index in [1.807, 2.05) is 19.9 Å². The van der Waals surface area contributed by atoms with Crippen LogP contribution in [-0.2, 0) is 21.2 Å². The zero-order valence-electron chi connectivity index (χ0n) is 15.8. The molecule has 1 N–H and O–H groups in total. The van der Waals surface area contributed by atoms with Gasteiger partial charge in [-0.25, -0.2) is 8.42 Å². The van der Waals surface area contributed by atoms with E-state index in [-0.39, 0.29) is 10.8 Å². The molecule has 0 bridgehead atoms. The van der Waals surface area contributed by atoms with Gasteiger partial charge in [-0.2, -0.15) is 0 Å². The summed E-state index contributed by atoms with van der Waals surface area (Å²) in [5.74, 6) is 0.738. The van der Waals surface area contributed by atoms with Crippen LogP contribution < -0.4 is 14.4 Å². The first-order valence-corrected chi connectivity index (χ1v) is 10.4. The highest BCUT2D eigenvalue weighted by molar-refractivity contribution is 7.92. The summed E-state index contributed by atoms with van der Waals surface area (Å²) in [6.45, 7) is 4.52. The lowest BCUT2D eigenvalue weighted by Gasteiger charge is -2.20. The van der Waals surface area contributed by atoms with E-state index in [0.29, 0.717) is 30.8 Å². The molecule has 1 fully saturated rings. The number of methoxy groups -OCH3 is 1. The highest BCUT2D eigenvalue weighted by Gasteiger charge is 2.24. The largest absolute Gasteiger partial charge is 0.496 e. The Morgan fingerprint density at radius 2 is 1.96 bits per heavy atom. The second-order valence-electron chi connectivity index (χ2n) is 6.58.